The largest absolute Gasteiger partial charge is 0.481 e. The highest BCUT2D eigenvalue weighted by atomic mass is 16.4. The molecule has 0 radical (unpaired) electrons. The minimum absolute atomic E-state index is 0.128. The number of carboxylic acid groups (broad SMARTS) is 1. The molecule has 114 valence electrons. The number of amides is 1. The van der Waals surface area contributed by atoms with Gasteiger partial charge >= 0.3 is 5.97 Å². The van der Waals surface area contributed by atoms with Crippen LogP contribution in [0.4, 0.5) is 0 Å². The lowest BCUT2D eigenvalue weighted by atomic mass is 9.75. The van der Waals surface area contributed by atoms with Crippen LogP contribution in [0.2, 0.25) is 0 Å². The summed E-state index contributed by atoms with van der Waals surface area (Å²) in [7, 11) is 0. The maximum Gasteiger partial charge on any atom is 0.311 e. The normalized spacial score (nSPS) is 34.8. The highest BCUT2D eigenvalue weighted by Gasteiger charge is 2.45. The van der Waals surface area contributed by atoms with Crippen molar-refractivity contribution in [2.24, 2.45) is 10.8 Å². The van der Waals surface area contributed by atoms with Crippen LogP contribution in [0.15, 0.2) is 0 Å². The number of carboxylic acids is 1. The first kappa shape index (κ1) is 15.3. The minimum atomic E-state index is -0.760. The second-order valence-electron chi connectivity index (χ2n) is 6.61. The van der Waals surface area contributed by atoms with Gasteiger partial charge in [-0.25, -0.2) is 0 Å². The van der Waals surface area contributed by atoms with E-state index in [4.69, 9.17) is 0 Å². The fourth-order valence-corrected chi connectivity index (χ4v) is 3.54. The summed E-state index contributed by atoms with van der Waals surface area (Å²) < 4.78 is 0. The van der Waals surface area contributed by atoms with Crippen molar-refractivity contribution in [3.8, 4) is 0 Å². The second kappa shape index (κ2) is 5.72. The zero-order chi connectivity index (χ0) is 14.8. The van der Waals surface area contributed by atoms with Crippen LogP contribution in [0.1, 0.15) is 46.0 Å². The third-order valence-corrected chi connectivity index (χ3v) is 5.11. The summed E-state index contributed by atoms with van der Waals surface area (Å²) in [5.74, 6) is -0.632. The number of hydrogen-bond acceptors (Lipinski definition) is 3. The standard InChI is InChI=1S/C15H26N2O3/c1-3-15(13(19)20)7-5-9-17(11-15)12(18)14(2)6-4-8-16-10-14/h16H,3-11H2,1-2H3,(H,19,20). The molecular formula is C15H26N2O3. The summed E-state index contributed by atoms with van der Waals surface area (Å²) in [6.07, 6.45) is 3.95. The highest BCUT2D eigenvalue weighted by Crippen LogP contribution is 2.36. The van der Waals surface area contributed by atoms with Crippen LogP contribution in [-0.4, -0.2) is 48.1 Å². The third kappa shape index (κ3) is 2.68. The Labute approximate surface area is 120 Å². The SMILES string of the molecule is CCC1(C(=O)O)CCCN(C(=O)C2(C)CCCNC2)C1. The van der Waals surface area contributed by atoms with Gasteiger partial charge in [-0.2, -0.15) is 0 Å². The van der Waals surface area contributed by atoms with Crippen LogP contribution in [0, 0.1) is 10.8 Å². The Hall–Kier alpha value is -1.10. The average Bonchev–Trinajstić information content (AvgIpc) is 2.47. The molecule has 2 aliphatic heterocycles. The molecule has 2 atom stereocenters. The fraction of sp³-hybridized carbons (Fsp3) is 0.867. The fourth-order valence-electron chi connectivity index (χ4n) is 3.54. The van der Waals surface area contributed by atoms with E-state index in [1.165, 1.54) is 0 Å². The first-order valence-corrected chi connectivity index (χ1v) is 7.67. The summed E-state index contributed by atoms with van der Waals surface area (Å²) in [6.45, 7) is 6.65. The van der Waals surface area contributed by atoms with Crippen molar-refractivity contribution in [1.29, 1.82) is 0 Å². The van der Waals surface area contributed by atoms with Crippen LogP contribution >= 0.6 is 0 Å². The summed E-state index contributed by atoms with van der Waals surface area (Å²) in [5.41, 5.74) is -1.11. The lowest BCUT2D eigenvalue weighted by Crippen LogP contribution is -2.56. The molecule has 20 heavy (non-hydrogen) atoms. The maximum atomic E-state index is 12.8. The van der Waals surface area contributed by atoms with Crippen LogP contribution in [0.25, 0.3) is 0 Å². The van der Waals surface area contributed by atoms with Crippen LogP contribution < -0.4 is 5.32 Å². The van der Waals surface area contributed by atoms with Gasteiger partial charge in [0.25, 0.3) is 0 Å². The number of carbonyl (C=O) groups is 2. The van der Waals surface area contributed by atoms with Gasteiger partial charge in [0.1, 0.15) is 0 Å². The molecule has 2 fully saturated rings. The van der Waals surface area contributed by atoms with Gasteiger partial charge in [-0.05, 0) is 45.6 Å². The van der Waals surface area contributed by atoms with E-state index in [1.54, 1.807) is 4.90 Å². The minimum Gasteiger partial charge on any atom is -0.481 e. The molecule has 1 amide bonds. The van der Waals surface area contributed by atoms with E-state index in [9.17, 15) is 14.7 Å². The maximum absolute atomic E-state index is 12.8. The van der Waals surface area contributed by atoms with Gasteiger partial charge in [0, 0.05) is 19.6 Å². The van der Waals surface area contributed by atoms with Crippen molar-refractivity contribution in [3.05, 3.63) is 0 Å². The number of piperidine rings is 2. The van der Waals surface area contributed by atoms with E-state index < -0.39 is 11.4 Å². The van der Waals surface area contributed by atoms with Gasteiger partial charge in [0.05, 0.1) is 10.8 Å². The molecule has 0 aromatic heterocycles. The van der Waals surface area contributed by atoms with Crippen LogP contribution in [0.5, 0.6) is 0 Å². The van der Waals surface area contributed by atoms with E-state index in [0.717, 1.165) is 25.8 Å². The van der Waals surface area contributed by atoms with Gasteiger partial charge in [0.15, 0.2) is 0 Å². The van der Waals surface area contributed by atoms with E-state index >= 15 is 0 Å². The quantitative estimate of drug-likeness (QED) is 0.822. The number of aliphatic carboxylic acids is 1. The Balaban J connectivity index is 2.12. The topological polar surface area (TPSA) is 69.6 Å². The number of hydrogen-bond donors (Lipinski definition) is 2. The van der Waals surface area contributed by atoms with Crippen molar-refractivity contribution in [1.82, 2.24) is 10.2 Å². The third-order valence-electron chi connectivity index (χ3n) is 5.11. The Morgan fingerprint density at radius 3 is 2.60 bits per heavy atom. The van der Waals surface area contributed by atoms with Gasteiger partial charge in [-0.15, -0.1) is 0 Å². The van der Waals surface area contributed by atoms with Gasteiger partial charge in [-0.3, -0.25) is 9.59 Å². The molecule has 2 rings (SSSR count). The Morgan fingerprint density at radius 2 is 2.05 bits per heavy atom. The van der Waals surface area contributed by atoms with Crippen molar-refractivity contribution in [2.75, 3.05) is 26.2 Å². The van der Waals surface area contributed by atoms with Crippen LogP contribution in [0.3, 0.4) is 0 Å². The number of rotatable bonds is 3. The molecule has 2 unspecified atom stereocenters. The van der Waals surface area contributed by atoms with Crippen molar-refractivity contribution in [3.63, 3.8) is 0 Å². The van der Waals surface area contributed by atoms with Gasteiger partial charge < -0.3 is 15.3 Å². The Morgan fingerprint density at radius 1 is 1.30 bits per heavy atom. The first-order chi connectivity index (χ1) is 9.43. The summed E-state index contributed by atoms with van der Waals surface area (Å²) >= 11 is 0. The number of likely N-dealkylation sites (tertiary alicyclic amines) is 1. The molecule has 2 saturated heterocycles. The number of carbonyl (C=O) groups excluding carboxylic acids is 1. The molecule has 0 bridgehead atoms. The molecule has 2 N–H and O–H groups in total. The molecule has 2 heterocycles. The smallest absolute Gasteiger partial charge is 0.311 e. The Kier molecular flexibility index (Phi) is 4.37. The van der Waals surface area contributed by atoms with Crippen LogP contribution in [-0.2, 0) is 9.59 Å². The molecule has 5 heteroatoms. The lowest BCUT2D eigenvalue weighted by molar-refractivity contribution is -0.158. The van der Waals surface area contributed by atoms with Gasteiger partial charge in [0.2, 0.25) is 5.91 Å². The zero-order valence-electron chi connectivity index (χ0n) is 12.6. The van der Waals surface area contributed by atoms with E-state index in [-0.39, 0.29) is 11.3 Å². The molecular weight excluding hydrogens is 256 g/mol. The monoisotopic (exact) mass is 282 g/mol. The molecule has 2 aliphatic rings. The van der Waals surface area contributed by atoms with Gasteiger partial charge in [-0.1, -0.05) is 6.92 Å². The molecule has 5 nitrogen and oxygen atoms in total. The average molecular weight is 282 g/mol. The second-order valence-corrected chi connectivity index (χ2v) is 6.61. The molecule has 0 spiro atoms. The zero-order valence-corrected chi connectivity index (χ0v) is 12.6. The summed E-state index contributed by atoms with van der Waals surface area (Å²) in [4.78, 5) is 26.2. The predicted octanol–water partition coefficient (Wildman–Crippen LogP) is 1.48. The molecule has 0 aromatic carbocycles. The molecule has 0 aliphatic carbocycles. The summed E-state index contributed by atoms with van der Waals surface area (Å²) in [5, 5.41) is 12.8. The first-order valence-electron chi connectivity index (χ1n) is 7.67. The summed E-state index contributed by atoms with van der Waals surface area (Å²) in [6, 6.07) is 0. The number of nitrogens with one attached hydrogen (secondary N) is 1. The molecule has 0 aromatic rings. The van der Waals surface area contributed by atoms with E-state index in [1.807, 2.05) is 13.8 Å². The van der Waals surface area contributed by atoms with Crippen molar-refractivity contribution in [2.45, 2.75) is 46.0 Å². The lowest BCUT2D eigenvalue weighted by Gasteiger charge is -2.44. The number of nitrogens with zero attached hydrogens (tertiary/aromatic N) is 1. The highest BCUT2D eigenvalue weighted by molar-refractivity contribution is 5.84. The molecule has 0 saturated carbocycles. The predicted molar refractivity (Wildman–Crippen MR) is 76.4 cm³/mol. The Bertz CT molecular complexity index is 391. The van der Waals surface area contributed by atoms with Crippen molar-refractivity contribution < 1.29 is 14.7 Å². The van der Waals surface area contributed by atoms with E-state index in [2.05, 4.69) is 5.32 Å². The van der Waals surface area contributed by atoms with E-state index in [0.29, 0.717) is 32.5 Å². The van der Waals surface area contributed by atoms with Crippen molar-refractivity contribution >= 4 is 11.9 Å².